The van der Waals surface area contributed by atoms with E-state index in [0.29, 0.717) is 47.7 Å². The van der Waals surface area contributed by atoms with E-state index in [-0.39, 0.29) is 0 Å². The minimum Gasteiger partial charge on any atom is -0.493 e. The molecular weight excluding hydrogens is 608 g/mol. The fraction of sp³-hybridized carbons (Fsp3) is 0.350. The zero-order valence-corrected chi connectivity index (χ0v) is 27.5. The van der Waals surface area contributed by atoms with Crippen LogP contribution >= 0.6 is 0 Å². The molecule has 2 fully saturated rings. The van der Waals surface area contributed by atoms with Crippen molar-refractivity contribution in [2.24, 2.45) is 0 Å². The summed E-state index contributed by atoms with van der Waals surface area (Å²) < 4.78 is 34.9. The number of hydrogen-bond donors (Lipinski definition) is 0. The molecular formula is C40H42O8. The van der Waals surface area contributed by atoms with E-state index in [1.807, 2.05) is 74.5 Å². The van der Waals surface area contributed by atoms with Gasteiger partial charge in [0.25, 0.3) is 0 Å². The molecule has 4 aromatic rings. The standard InChI is InChI=1S/C40H42O8/c1-27-23-31(17-19-35(27)43-21-9-15-33-25-45-33)39(41)47-37(29-11-5-3-6-12-29)38(30-13-7-4-8-14-30)48-40(42)32-18-20-36(28(2)24-32)44-22-10-16-34-26-46-34/h3-8,11-14,17-20,23-24,33-34,37-38H,9-10,15-16,21-22,25-26H2,1-2H3. The van der Waals surface area contributed by atoms with Gasteiger partial charge in [0.1, 0.15) is 11.5 Å². The quantitative estimate of drug-likeness (QED) is 0.0646. The smallest absolute Gasteiger partial charge is 0.338 e. The van der Waals surface area contributed by atoms with Gasteiger partial charge < -0.3 is 28.4 Å². The van der Waals surface area contributed by atoms with Crippen molar-refractivity contribution in [3.63, 3.8) is 0 Å². The second-order valence-electron chi connectivity index (χ2n) is 12.3. The Labute approximate surface area is 281 Å². The molecule has 6 rings (SSSR count). The maximum absolute atomic E-state index is 13.7. The van der Waals surface area contributed by atoms with Crippen LogP contribution < -0.4 is 9.47 Å². The molecule has 0 bridgehead atoms. The Kier molecular flexibility index (Phi) is 11.1. The third kappa shape index (κ3) is 9.24. The molecule has 8 nitrogen and oxygen atoms in total. The third-order valence-corrected chi connectivity index (χ3v) is 8.48. The van der Waals surface area contributed by atoms with E-state index >= 15 is 0 Å². The van der Waals surface area contributed by atoms with Gasteiger partial charge in [-0.3, -0.25) is 0 Å². The van der Waals surface area contributed by atoms with Crippen LogP contribution in [-0.2, 0) is 18.9 Å². The van der Waals surface area contributed by atoms with Crippen molar-refractivity contribution < 1.29 is 38.0 Å². The SMILES string of the molecule is Cc1cc(C(=O)OC(c2ccccc2)C(OC(=O)c2ccc(OCCCC3CO3)c(C)c2)c2ccccc2)ccc1OCCCC1CO1. The average molecular weight is 651 g/mol. The maximum atomic E-state index is 13.7. The lowest BCUT2D eigenvalue weighted by Gasteiger charge is -2.28. The number of esters is 2. The molecule has 4 aromatic carbocycles. The van der Waals surface area contributed by atoms with Gasteiger partial charge in [0.15, 0.2) is 12.2 Å². The van der Waals surface area contributed by atoms with Crippen molar-refractivity contribution in [2.75, 3.05) is 26.4 Å². The van der Waals surface area contributed by atoms with Crippen molar-refractivity contribution in [3.05, 3.63) is 130 Å². The minimum atomic E-state index is -0.926. The minimum absolute atomic E-state index is 0.371. The predicted octanol–water partition coefficient (Wildman–Crippen LogP) is 7.92. The Morgan fingerprint density at radius 1 is 0.625 bits per heavy atom. The topological polar surface area (TPSA) is 96.1 Å². The van der Waals surface area contributed by atoms with Gasteiger partial charge in [-0.25, -0.2) is 9.59 Å². The Hall–Kier alpha value is -4.66. The van der Waals surface area contributed by atoms with Crippen molar-refractivity contribution in [1.82, 2.24) is 0 Å². The van der Waals surface area contributed by atoms with Gasteiger partial charge >= 0.3 is 11.9 Å². The number of carbonyl (C=O) groups excluding carboxylic acids is 2. The van der Waals surface area contributed by atoms with Gasteiger partial charge in [-0.2, -0.15) is 0 Å². The molecule has 48 heavy (non-hydrogen) atoms. The van der Waals surface area contributed by atoms with Crippen molar-refractivity contribution in [1.29, 1.82) is 0 Å². The summed E-state index contributed by atoms with van der Waals surface area (Å²) in [5.41, 5.74) is 3.80. The molecule has 0 radical (unpaired) electrons. The fourth-order valence-electron chi connectivity index (χ4n) is 5.59. The molecule has 0 spiro atoms. The highest BCUT2D eigenvalue weighted by atomic mass is 16.6. The number of carbonyl (C=O) groups is 2. The van der Waals surface area contributed by atoms with E-state index < -0.39 is 24.1 Å². The van der Waals surface area contributed by atoms with E-state index in [4.69, 9.17) is 28.4 Å². The van der Waals surface area contributed by atoms with Crippen LogP contribution in [0.2, 0.25) is 0 Å². The van der Waals surface area contributed by atoms with Crippen LogP contribution in [0.25, 0.3) is 0 Å². The molecule has 250 valence electrons. The molecule has 0 aromatic heterocycles. The lowest BCUT2D eigenvalue weighted by molar-refractivity contribution is -0.0388. The molecule has 2 heterocycles. The number of hydrogen-bond acceptors (Lipinski definition) is 8. The normalized spacial score (nSPS) is 17.5. The summed E-state index contributed by atoms with van der Waals surface area (Å²) in [6.45, 7) is 6.64. The summed E-state index contributed by atoms with van der Waals surface area (Å²) >= 11 is 0. The molecule has 4 atom stereocenters. The van der Waals surface area contributed by atoms with E-state index in [1.54, 1.807) is 36.4 Å². The summed E-state index contributed by atoms with van der Waals surface area (Å²) in [5.74, 6) is 0.371. The first kappa shape index (κ1) is 33.2. The number of benzene rings is 4. The molecule has 0 N–H and O–H groups in total. The van der Waals surface area contributed by atoms with Gasteiger partial charge in [0, 0.05) is 0 Å². The summed E-state index contributed by atoms with van der Waals surface area (Å²) in [6.07, 6.45) is 2.66. The highest BCUT2D eigenvalue weighted by Gasteiger charge is 2.33. The van der Waals surface area contributed by atoms with Crippen molar-refractivity contribution in [3.8, 4) is 11.5 Å². The summed E-state index contributed by atoms with van der Waals surface area (Å²) in [4.78, 5) is 27.4. The lowest BCUT2D eigenvalue weighted by atomic mass is 9.97. The van der Waals surface area contributed by atoms with Crippen molar-refractivity contribution in [2.45, 2.75) is 63.9 Å². The first-order chi connectivity index (χ1) is 23.4. The van der Waals surface area contributed by atoms with Gasteiger partial charge in [-0.05, 0) is 98.2 Å². The number of rotatable bonds is 17. The van der Waals surface area contributed by atoms with E-state index in [2.05, 4.69) is 0 Å². The fourth-order valence-corrected chi connectivity index (χ4v) is 5.59. The van der Waals surface area contributed by atoms with Crippen LogP contribution in [-0.4, -0.2) is 50.6 Å². The predicted molar refractivity (Wildman–Crippen MR) is 180 cm³/mol. The summed E-state index contributed by atoms with van der Waals surface area (Å²) in [7, 11) is 0. The number of aryl methyl sites for hydroxylation is 2. The number of epoxide rings is 2. The Bertz CT molecular complexity index is 1540. The van der Waals surface area contributed by atoms with Crippen LogP contribution in [0.4, 0.5) is 0 Å². The van der Waals surface area contributed by atoms with Crippen LogP contribution in [0, 0.1) is 13.8 Å². The van der Waals surface area contributed by atoms with Gasteiger partial charge in [0.2, 0.25) is 0 Å². The van der Waals surface area contributed by atoms with E-state index in [0.717, 1.165) is 61.5 Å². The molecule has 2 saturated heterocycles. The van der Waals surface area contributed by atoms with Crippen LogP contribution in [0.5, 0.6) is 11.5 Å². The highest BCUT2D eigenvalue weighted by Crippen LogP contribution is 2.37. The second kappa shape index (κ2) is 16.0. The Morgan fingerprint density at radius 2 is 1.02 bits per heavy atom. The largest absolute Gasteiger partial charge is 0.493 e. The van der Waals surface area contributed by atoms with Crippen molar-refractivity contribution >= 4 is 11.9 Å². The number of ether oxygens (including phenoxy) is 6. The monoisotopic (exact) mass is 650 g/mol. The van der Waals surface area contributed by atoms with E-state index in [1.165, 1.54) is 0 Å². The Morgan fingerprint density at radius 3 is 1.38 bits per heavy atom. The zero-order valence-electron chi connectivity index (χ0n) is 27.5. The van der Waals surface area contributed by atoms with Crippen LogP contribution in [0.15, 0.2) is 97.1 Å². The third-order valence-electron chi connectivity index (χ3n) is 8.48. The van der Waals surface area contributed by atoms with E-state index in [9.17, 15) is 9.59 Å². The van der Waals surface area contributed by atoms with Gasteiger partial charge in [-0.15, -0.1) is 0 Å². The van der Waals surface area contributed by atoms with Gasteiger partial charge in [-0.1, -0.05) is 60.7 Å². The molecule has 2 aliphatic heterocycles. The molecule has 8 heteroatoms. The summed E-state index contributed by atoms with van der Waals surface area (Å²) in [5, 5.41) is 0. The molecule has 4 unspecified atom stereocenters. The average Bonchev–Trinajstić information content (AvgIpc) is 4.05. The maximum Gasteiger partial charge on any atom is 0.338 e. The molecule has 0 saturated carbocycles. The van der Waals surface area contributed by atoms with Gasteiger partial charge in [0.05, 0.1) is 49.8 Å². The molecule has 2 aliphatic rings. The summed E-state index contributed by atoms with van der Waals surface area (Å²) in [6, 6.07) is 29.2. The second-order valence-corrected chi connectivity index (χ2v) is 12.3. The molecule has 0 amide bonds. The van der Waals surface area contributed by atoms with Crippen LogP contribution in [0.3, 0.4) is 0 Å². The Balaban J connectivity index is 1.19. The first-order valence-corrected chi connectivity index (χ1v) is 16.7. The molecule has 0 aliphatic carbocycles. The lowest BCUT2D eigenvalue weighted by Crippen LogP contribution is -2.23. The van der Waals surface area contributed by atoms with Crippen LogP contribution in [0.1, 0.15) is 80.9 Å². The highest BCUT2D eigenvalue weighted by molar-refractivity contribution is 5.91. The first-order valence-electron chi connectivity index (χ1n) is 16.7. The zero-order chi connectivity index (χ0) is 33.3.